The van der Waals surface area contributed by atoms with Gasteiger partial charge in [0.05, 0.1) is 31.4 Å². The minimum Gasteiger partial charge on any atom is -0.494 e. The van der Waals surface area contributed by atoms with Crippen LogP contribution in [0.5, 0.6) is 17.2 Å². The molecular weight excluding hydrogens is 594 g/mol. The van der Waals surface area contributed by atoms with Gasteiger partial charge in [0.25, 0.3) is 10.0 Å². The lowest BCUT2D eigenvalue weighted by Gasteiger charge is -2.32. The minimum atomic E-state index is -4.30. The Morgan fingerprint density at radius 3 is 2.18 bits per heavy atom. The van der Waals surface area contributed by atoms with Crippen molar-refractivity contribution >= 4 is 27.5 Å². The highest BCUT2D eigenvalue weighted by Gasteiger charge is 2.34. The Labute approximate surface area is 266 Å². The second kappa shape index (κ2) is 15.2. The van der Waals surface area contributed by atoms with Gasteiger partial charge in [-0.25, -0.2) is 8.42 Å². The Morgan fingerprint density at radius 2 is 1.58 bits per heavy atom. The number of hydrogen-bond acceptors (Lipinski definition) is 7. The number of nitrogens with one attached hydrogen (secondary N) is 1. The number of nitrogens with zero attached hydrogens (tertiary/aromatic N) is 2. The number of aryl methyl sites for hydroxylation is 1. The topological polar surface area (TPSA) is 114 Å². The van der Waals surface area contributed by atoms with Crippen LogP contribution >= 0.6 is 0 Å². The van der Waals surface area contributed by atoms with Gasteiger partial charge in [0.1, 0.15) is 18.3 Å². The van der Waals surface area contributed by atoms with Crippen molar-refractivity contribution in [2.45, 2.75) is 70.0 Å². The number of methoxy groups -OCH3 is 2. The first-order valence-electron chi connectivity index (χ1n) is 15.2. The molecule has 0 aromatic heterocycles. The molecule has 45 heavy (non-hydrogen) atoms. The first kappa shape index (κ1) is 33.6. The smallest absolute Gasteiger partial charge is 0.264 e. The van der Waals surface area contributed by atoms with E-state index >= 15 is 0 Å². The third kappa shape index (κ3) is 8.27. The van der Waals surface area contributed by atoms with Gasteiger partial charge in [-0.05, 0) is 75.6 Å². The van der Waals surface area contributed by atoms with Crippen LogP contribution in [-0.2, 0) is 26.2 Å². The summed E-state index contributed by atoms with van der Waals surface area (Å²) in [7, 11) is -1.42. The lowest BCUT2D eigenvalue weighted by molar-refractivity contribution is -0.139. The molecule has 0 spiro atoms. The molecule has 4 rings (SSSR count). The van der Waals surface area contributed by atoms with Gasteiger partial charge >= 0.3 is 0 Å². The average Bonchev–Trinajstić information content (AvgIpc) is 3.56. The van der Waals surface area contributed by atoms with Crippen molar-refractivity contribution < 1.29 is 32.2 Å². The maximum Gasteiger partial charge on any atom is 0.264 e. The molecular formula is C34H43N3O7S. The van der Waals surface area contributed by atoms with Crippen LogP contribution in [-0.4, -0.2) is 64.6 Å². The van der Waals surface area contributed by atoms with E-state index in [9.17, 15) is 18.0 Å². The summed E-state index contributed by atoms with van der Waals surface area (Å²) >= 11 is 0. The zero-order valence-corrected chi connectivity index (χ0v) is 27.4. The van der Waals surface area contributed by atoms with Gasteiger partial charge in [0.2, 0.25) is 11.8 Å². The standard InChI is InChI=1S/C34H43N3O7S/c1-6-44-29-17-15-28(16-18-29)37(45(40,41)30-19-20-31(42-4)32(21-30)43-5)23-33(38)36(22-26-13-11-24(2)12-14-26)25(3)34(39)35-27-9-7-8-10-27/h11-21,25,27H,6-10,22-23H2,1-5H3,(H,35,39)/t25-/m1/s1. The Hall–Kier alpha value is -4.25. The number of carbonyl (C=O) groups is 2. The van der Waals surface area contributed by atoms with Crippen molar-refractivity contribution in [2.24, 2.45) is 0 Å². The van der Waals surface area contributed by atoms with Gasteiger partial charge in [-0.3, -0.25) is 13.9 Å². The highest BCUT2D eigenvalue weighted by Crippen LogP contribution is 2.33. The van der Waals surface area contributed by atoms with Crippen LogP contribution in [0.2, 0.25) is 0 Å². The average molecular weight is 638 g/mol. The van der Waals surface area contributed by atoms with E-state index in [0.29, 0.717) is 18.1 Å². The van der Waals surface area contributed by atoms with E-state index in [4.69, 9.17) is 14.2 Å². The zero-order valence-electron chi connectivity index (χ0n) is 26.6. The van der Waals surface area contributed by atoms with Crippen LogP contribution < -0.4 is 23.8 Å². The molecule has 3 aromatic rings. The van der Waals surface area contributed by atoms with Crippen molar-refractivity contribution in [3.8, 4) is 17.2 Å². The van der Waals surface area contributed by atoms with E-state index in [2.05, 4.69) is 5.32 Å². The Balaban J connectivity index is 1.72. The number of sulfonamides is 1. The number of hydrogen-bond donors (Lipinski definition) is 1. The Morgan fingerprint density at radius 1 is 0.933 bits per heavy atom. The van der Waals surface area contributed by atoms with Crippen LogP contribution in [0.25, 0.3) is 0 Å². The summed E-state index contributed by atoms with van der Waals surface area (Å²) in [4.78, 5) is 29.0. The molecule has 1 atom stereocenters. The molecule has 1 saturated carbocycles. The number of carbonyl (C=O) groups excluding carboxylic acids is 2. The highest BCUT2D eigenvalue weighted by molar-refractivity contribution is 7.92. The van der Waals surface area contributed by atoms with E-state index in [1.807, 2.05) is 38.1 Å². The summed E-state index contributed by atoms with van der Waals surface area (Å²) in [6, 6.07) is 17.7. The molecule has 11 heteroatoms. The molecule has 0 unspecified atom stereocenters. The van der Waals surface area contributed by atoms with Crippen molar-refractivity contribution in [3.05, 3.63) is 77.9 Å². The number of anilines is 1. The molecule has 1 fully saturated rings. The van der Waals surface area contributed by atoms with E-state index in [0.717, 1.165) is 41.1 Å². The third-order valence-electron chi connectivity index (χ3n) is 8.00. The summed E-state index contributed by atoms with van der Waals surface area (Å²) in [6.07, 6.45) is 3.91. The second-order valence-corrected chi connectivity index (χ2v) is 13.0. The van der Waals surface area contributed by atoms with Gasteiger partial charge in [0, 0.05) is 18.7 Å². The summed E-state index contributed by atoms with van der Waals surface area (Å²) < 4.78 is 45.8. The fourth-order valence-electron chi connectivity index (χ4n) is 5.37. The van der Waals surface area contributed by atoms with Crippen molar-refractivity contribution in [1.29, 1.82) is 0 Å². The van der Waals surface area contributed by atoms with E-state index in [-0.39, 0.29) is 34.8 Å². The van der Waals surface area contributed by atoms with Crippen LogP contribution in [0.4, 0.5) is 5.69 Å². The minimum absolute atomic E-state index is 0.0714. The van der Waals surface area contributed by atoms with Crippen LogP contribution in [0, 0.1) is 6.92 Å². The molecule has 3 aromatic carbocycles. The van der Waals surface area contributed by atoms with E-state index in [1.54, 1.807) is 31.2 Å². The highest BCUT2D eigenvalue weighted by atomic mass is 32.2. The molecule has 0 saturated heterocycles. The first-order valence-corrected chi connectivity index (χ1v) is 16.6. The number of rotatable bonds is 14. The Bertz CT molecular complexity index is 1550. The number of amides is 2. The first-order chi connectivity index (χ1) is 21.6. The molecule has 0 aliphatic heterocycles. The molecule has 10 nitrogen and oxygen atoms in total. The molecule has 0 bridgehead atoms. The molecule has 1 N–H and O–H groups in total. The fourth-order valence-corrected chi connectivity index (χ4v) is 6.80. The second-order valence-electron chi connectivity index (χ2n) is 11.1. The largest absolute Gasteiger partial charge is 0.494 e. The summed E-state index contributed by atoms with van der Waals surface area (Å²) in [5.41, 5.74) is 2.15. The van der Waals surface area contributed by atoms with Crippen LogP contribution in [0.15, 0.2) is 71.6 Å². The summed E-state index contributed by atoms with van der Waals surface area (Å²) in [6.45, 7) is 5.54. The van der Waals surface area contributed by atoms with Gasteiger partial charge < -0.3 is 24.4 Å². The monoisotopic (exact) mass is 637 g/mol. The van der Waals surface area contributed by atoms with E-state index in [1.165, 1.54) is 37.3 Å². The lowest BCUT2D eigenvalue weighted by atomic mass is 10.1. The number of benzene rings is 3. The predicted octanol–water partition coefficient (Wildman–Crippen LogP) is 5.08. The summed E-state index contributed by atoms with van der Waals surface area (Å²) in [5.74, 6) is 0.371. The quantitative estimate of drug-likeness (QED) is 0.262. The predicted molar refractivity (Wildman–Crippen MR) is 173 cm³/mol. The van der Waals surface area contributed by atoms with Crippen molar-refractivity contribution in [2.75, 3.05) is 31.7 Å². The molecule has 242 valence electrons. The van der Waals surface area contributed by atoms with Gasteiger partial charge in [-0.1, -0.05) is 42.7 Å². The van der Waals surface area contributed by atoms with Crippen molar-refractivity contribution in [3.63, 3.8) is 0 Å². The van der Waals surface area contributed by atoms with Crippen LogP contribution in [0.3, 0.4) is 0 Å². The molecule has 1 aliphatic rings. The molecule has 0 heterocycles. The maximum absolute atomic E-state index is 14.2. The molecule has 2 amide bonds. The van der Waals surface area contributed by atoms with Crippen molar-refractivity contribution in [1.82, 2.24) is 10.2 Å². The summed E-state index contributed by atoms with van der Waals surface area (Å²) in [5, 5.41) is 3.09. The SMILES string of the molecule is CCOc1ccc(N(CC(=O)N(Cc2ccc(C)cc2)[C@H](C)C(=O)NC2CCCC2)S(=O)(=O)c2ccc(OC)c(OC)c2)cc1. The lowest BCUT2D eigenvalue weighted by Crippen LogP contribution is -2.52. The van der Waals surface area contributed by atoms with E-state index < -0.39 is 28.5 Å². The molecule has 1 aliphatic carbocycles. The Kier molecular flexibility index (Phi) is 11.3. The zero-order chi connectivity index (χ0) is 32.6. The third-order valence-corrected chi connectivity index (χ3v) is 9.77. The van der Waals surface area contributed by atoms with Gasteiger partial charge in [-0.2, -0.15) is 0 Å². The van der Waals surface area contributed by atoms with Gasteiger partial charge in [0.15, 0.2) is 11.5 Å². The molecule has 0 radical (unpaired) electrons. The fraction of sp³-hybridized carbons (Fsp3) is 0.412. The van der Waals surface area contributed by atoms with Gasteiger partial charge in [-0.15, -0.1) is 0 Å². The van der Waals surface area contributed by atoms with Crippen LogP contribution in [0.1, 0.15) is 50.7 Å². The maximum atomic E-state index is 14.2. The number of ether oxygens (including phenoxy) is 3. The normalized spacial score (nSPS) is 14.0.